The van der Waals surface area contributed by atoms with Crippen molar-refractivity contribution in [3.05, 3.63) is 45.0 Å². The van der Waals surface area contributed by atoms with E-state index in [9.17, 15) is 14.0 Å². The first-order valence-electron chi connectivity index (χ1n) is 6.76. The normalized spacial score (nSPS) is 10.7. The second-order valence-electron chi connectivity index (χ2n) is 4.60. The molecular weight excluding hydrogens is 307 g/mol. The molecule has 0 fully saturated rings. The third-order valence-electron chi connectivity index (χ3n) is 3.33. The molecule has 0 aliphatic rings. The van der Waals surface area contributed by atoms with Crippen LogP contribution in [0.2, 0.25) is 0 Å². The van der Waals surface area contributed by atoms with E-state index in [0.29, 0.717) is 17.5 Å². The molecule has 116 valence electrons. The first kappa shape index (κ1) is 16.1. The van der Waals surface area contributed by atoms with Crippen LogP contribution in [0.25, 0.3) is 10.9 Å². The number of aromatic nitrogens is 1. The number of rotatable bonds is 4. The number of ether oxygens (including phenoxy) is 1. The maximum Gasteiger partial charge on any atom is 0.343 e. The third kappa shape index (κ3) is 2.59. The fourth-order valence-electron chi connectivity index (χ4n) is 2.38. The predicted molar refractivity (Wildman–Crippen MR) is 85.7 cm³/mol. The lowest BCUT2D eigenvalue weighted by molar-refractivity contribution is 0.0524. The monoisotopic (exact) mass is 322 g/mol. The molecule has 0 atom stereocenters. The predicted octanol–water partition coefficient (Wildman–Crippen LogP) is 2.04. The Morgan fingerprint density at radius 2 is 2.14 bits per heavy atom. The fourth-order valence-corrected chi connectivity index (χ4v) is 2.60. The third-order valence-corrected chi connectivity index (χ3v) is 3.53. The summed E-state index contributed by atoms with van der Waals surface area (Å²) in [5.41, 5.74) is 5.85. The highest BCUT2D eigenvalue weighted by atomic mass is 32.1. The largest absolute Gasteiger partial charge is 0.462 e. The van der Waals surface area contributed by atoms with E-state index < -0.39 is 17.2 Å². The van der Waals surface area contributed by atoms with Gasteiger partial charge in [-0.2, -0.15) is 0 Å². The number of nitrogens with one attached hydrogen (secondary N) is 1. The van der Waals surface area contributed by atoms with Crippen LogP contribution in [0.4, 0.5) is 4.39 Å². The number of hydrogen-bond donors (Lipinski definition) is 2. The highest BCUT2D eigenvalue weighted by molar-refractivity contribution is 7.80. The van der Waals surface area contributed by atoms with Crippen molar-refractivity contribution in [3.63, 3.8) is 0 Å². The zero-order chi connectivity index (χ0) is 16.4. The number of halogens is 1. The van der Waals surface area contributed by atoms with Crippen molar-refractivity contribution < 1.29 is 13.9 Å². The summed E-state index contributed by atoms with van der Waals surface area (Å²) in [6.07, 6.45) is 1.69. The number of esters is 1. The lowest BCUT2D eigenvalue weighted by atomic mass is 9.99. The number of benzene rings is 1. The molecule has 0 spiro atoms. The average molecular weight is 322 g/mol. The second kappa shape index (κ2) is 6.23. The molecule has 1 heterocycles. The first-order valence-corrected chi connectivity index (χ1v) is 7.16. The van der Waals surface area contributed by atoms with Gasteiger partial charge in [0.05, 0.1) is 12.1 Å². The van der Waals surface area contributed by atoms with Gasteiger partial charge in [0, 0.05) is 17.1 Å². The summed E-state index contributed by atoms with van der Waals surface area (Å²) in [4.78, 5) is 26.9. The number of aryl methyl sites for hydroxylation is 1. The summed E-state index contributed by atoms with van der Waals surface area (Å²) in [5.74, 6) is -1.43. The van der Waals surface area contributed by atoms with Crippen LogP contribution >= 0.6 is 12.2 Å². The summed E-state index contributed by atoms with van der Waals surface area (Å²) in [6.45, 7) is 3.58. The molecule has 22 heavy (non-hydrogen) atoms. The second-order valence-corrected chi connectivity index (χ2v) is 5.04. The van der Waals surface area contributed by atoms with E-state index in [1.807, 2.05) is 0 Å². The van der Waals surface area contributed by atoms with Crippen molar-refractivity contribution in [2.75, 3.05) is 6.61 Å². The van der Waals surface area contributed by atoms with Gasteiger partial charge in [0.1, 0.15) is 16.4 Å². The maximum atomic E-state index is 14.2. The van der Waals surface area contributed by atoms with Crippen LogP contribution in [0.3, 0.4) is 0 Å². The Morgan fingerprint density at radius 3 is 2.68 bits per heavy atom. The number of hydrogen-bond acceptors (Lipinski definition) is 4. The number of carbonyl (C=O) groups is 1. The van der Waals surface area contributed by atoms with Crippen molar-refractivity contribution in [2.45, 2.75) is 20.3 Å². The van der Waals surface area contributed by atoms with Gasteiger partial charge in [0.25, 0.3) is 0 Å². The summed E-state index contributed by atoms with van der Waals surface area (Å²) < 4.78 is 19.1. The van der Waals surface area contributed by atoms with Crippen molar-refractivity contribution in [2.24, 2.45) is 5.73 Å². The summed E-state index contributed by atoms with van der Waals surface area (Å²) >= 11 is 4.87. The van der Waals surface area contributed by atoms with Gasteiger partial charge in [-0.3, -0.25) is 4.79 Å². The van der Waals surface area contributed by atoms with Gasteiger partial charge in [0.2, 0.25) is 5.43 Å². The lowest BCUT2D eigenvalue weighted by Crippen LogP contribution is -2.21. The minimum absolute atomic E-state index is 0.0694. The molecule has 0 saturated carbocycles. The molecule has 0 aliphatic heterocycles. The fraction of sp³-hybridized carbons (Fsp3) is 0.267. The molecule has 7 heteroatoms. The molecule has 2 rings (SSSR count). The first-order chi connectivity index (χ1) is 10.4. The lowest BCUT2D eigenvalue weighted by Gasteiger charge is -2.12. The molecule has 0 amide bonds. The van der Waals surface area contributed by atoms with E-state index in [4.69, 9.17) is 22.7 Å². The number of carbonyl (C=O) groups excluding carboxylic acids is 1. The molecule has 1 aromatic heterocycles. The van der Waals surface area contributed by atoms with Gasteiger partial charge in [-0.25, -0.2) is 9.18 Å². The molecule has 1 aromatic carbocycles. The summed E-state index contributed by atoms with van der Waals surface area (Å²) in [5, 5.41) is 0.0694. The smallest absolute Gasteiger partial charge is 0.343 e. The molecule has 0 radical (unpaired) electrons. The summed E-state index contributed by atoms with van der Waals surface area (Å²) in [6, 6.07) is 1.05. The Balaban J connectivity index is 2.83. The zero-order valence-corrected chi connectivity index (χ0v) is 13.0. The Hall–Kier alpha value is -2.28. The van der Waals surface area contributed by atoms with Crippen LogP contribution < -0.4 is 11.2 Å². The topological polar surface area (TPSA) is 85.2 Å². The SMILES string of the molecule is CCOC(=O)c1c[nH]c2c(CC)c(C(N)=S)c(F)cc2c1=O. The van der Waals surface area contributed by atoms with Crippen molar-refractivity contribution in [3.8, 4) is 0 Å². The Kier molecular flexibility index (Phi) is 4.56. The quantitative estimate of drug-likeness (QED) is 0.664. The van der Waals surface area contributed by atoms with E-state index in [2.05, 4.69) is 4.98 Å². The van der Waals surface area contributed by atoms with Gasteiger partial charge >= 0.3 is 5.97 Å². The van der Waals surface area contributed by atoms with Crippen LogP contribution in [-0.2, 0) is 11.2 Å². The number of fused-ring (bicyclic) bond motifs is 1. The average Bonchev–Trinajstić information content (AvgIpc) is 2.46. The number of pyridine rings is 1. The van der Waals surface area contributed by atoms with Gasteiger partial charge in [-0.1, -0.05) is 19.1 Å². The van der Waals surface area contributed by atoms with Crippen molar-refractivity contribution in [1.29, 1.82) is 0 Å². The maximum absolute atomic E-state index is 14.2. The standard InChI is InChI=1S/C15H15FN2O3S/c1-3-7-11(14(17)22)10(16)5-8-12(7)18-6-9(13(8)19)15(20)21-4-2/h5-6H,3-4H2,1-2H3,(H2,17,22)(H,18,19). The summed E-state index contributed by atoms with van der Waals surface area (Å²) in [7, 11) is 0. The molecule has 0 bridgehead atoms. The van der Waals surface area contributed by atoms with Gasteiger partial charge in [-0.05, 0) is 25.0 Å². The van der Waals surface area contributed by atoms with Crippen LogP contribution in [0.15, 0.2) is 17.1 Å². The Labute approximate surface area is 131 Å². The highest BCUT2D eigenvalue weighted by Gasteiger charge is 2.20. The van der Waals surface area contributed by atoms with E-state index in [0.717, 1.165) is 6.07 Å². The van der Waals surface area contributed by atoms with Crippen molar-refractivity contribution in [1.82, 2.24) is 4.98 Å². The van der Waals surface area contributed by atoms with E-state index in [1.165, 1.54) is 6.20 Å². The van der Waals surface area contributed by atoms with Crippen LogP contribution in [0, 0.1) is 5.82 Å². The van der Waals surface area contributed by atoms with Crippen LogP contribution in [0.1, 0.15) is 35.3 Å². The Morgan fingerprint density at radius 1 is 1.45 bits per heavy atom. The molecule has 0 saturated heterocycles. The molecular formula is C15H15FN2O3S. The Bertz CT molecular complexity index is 830. The van der Waals surface area contributed by atoms with E-state index in [1.54, 1.807) is 13.8 Å². The minimum atomic E-state index is -0.748. The molecule has 0 aliphatic carbocycles. The van der Waals surface area contributed by atoms with Gasteiger partial charge in [0.15, 0.2) is 0 Å². The molecule has 5 nitrogen and oxygen atoms in total. The number of H-pyrrole nitrogens is 1. The molecule has 0 unspecified atom stereocenters. The molecule has 3 N–H and O–H groups in total. The molecule has 2 aromatic rings. The zero-order valence-electron chi connectivity index (χ0n) is 12.2. The van der Waals surface area contributed by atoms with E-state index >= 15 is 0 Å². The van der Waals surface area contributed by atoms with Crippen molar-refractivity contribution >= 4 is 34.1 Å². The van der Waals surface area contributed by atoms with Gasteiger partial charge < -0.3 is 15.5 Å². The minimum Gasteiger partial charge on any atom is -0.462 e. The number of nitrogens with two attached hydrogens (primary N) is 1. The number of aromatic amines is 1. The van der Waals surface area contributed by atoms with Gasteiger partial charge in [-0.15, -0.1) is 0 Å². The highest BCUT2D eigenvalue weighted by Crippen LogP contribution is 2.23. The van der Waals surface area contributed by atoms with Crippen LogP contribution in [0.5, 0.6) is 0 Å². The number of thiocarbonyl (C=S) groups is 1. The van der Waals surface area contributed by atoms with Crippen LogP contribution in [-0.4, -0.2) is 22.5 Å². The van der Waals surface area contributed by atoms with E-state index in [-0.39, 0.29) is 28.1 Å².